The number of morpholine rings is 1. The van der Waals surface area contributed by atoms with Crippen molar-refractivity contribution in [3.63, 3.8) is 0 Å². The van der Waals surface area contributed by atoms with Crippen LogP contribution in [0.5, 0.6) is 0 Å². The number of fused-ring (bicyclic) bond motifs is 2. The van der Waals surface area contributed by atoms with Crippen molar-refractivity contribution in [2.45, 2.75) is 50.3 Å². The highest BCUT2D eigenvalue weighted by Crippen LogP contribution is 2.45. The summed E-state index contributed by atoms with van der Waals surface area (Å²) in [5.41, 5.74) is 6.76. The van der Waals surface area contributed by atoms with Crippen LogP contribution in [0.4, 0.5) is 11.5 Å². The molecule has 2 saturated heterocycles. The average Bonchev–Trinajstić information content (AvgIpc) is 3.39. The maximum atomic E-state index is 14.3. The molecular formula is C37H39N9O3. The van der Waals surface area contributed by atoms with Gasteiger partial charge in [-0.1, -0.05) is 30.3 Å². The molecule has 5 heterocycles. The monoisotopic (exact) mass is 657 g/mol. The number of anilines is 2. The minimum absolute atomic E-state index is 0.227. The van der Waals surface area contributed by atoms with Crippen molar-refractivity contribution in [3.05, 3.63) is 96.2 Å². The highest BCUT2D eigenvalue weighted by molar-refractivity contribution is 6.01. The van der Waals surface area contributed by atoms with Gasteiger partial charge in [0.05, 0.1) is 48.7 Å². The molecular weight excluding hydrogens is 618 g/mol. The van der Waals surface area contributed by atoms with E-state index in [0.29, 0.717) is 17.4 Å². The number of benzene rings is 2. The predicted molar refractivity (Wildman–Crippen MR) is 185 cm³/mol. The summed E-state index contributed by atoms with van der Waals surface area (Å²) in [6.45, 7) is 3.57. The summed E-state index contributed by atoms with van der Waals surface area (Å²) in [5.74, 6) is 0.172. The van der Waals surface area contributed by atoms with E-state index in [9.17, 15) is 9.59 Å². The maximum absolute atomic E-state index is 14.3. The van der Waals surface area contributed by atoms with Crippen LogP contribution in [0.2, 0.25) is 0 Å². The van der Waals surface area contributed by atoms with Gasteiger partial charge in [0.1, 0.15) is 17.6 Å². The van der Waals surface area contributed by atoms with E-state index in [1.807, 2.05) is 73.5 Å². The third kappa shape index (κ3) is 6.08. The van der Waals surface area contributed by atoms with Crippen LogP contribution in [0.25, 0.3) is 22.5 Å². The van der Waals surface area contributed by atoms with E-state index < -0.39 is 6.04 Å². The Balaban J connectivity index is 1.10. The SMILES string of the molecule is Cc1cnn(C)c1-c1ccc(NC(=O)[C@@H](NC(=O)c2ccnn2C)[C@@H](c2cccc(-c3cncc(N4C[C@@H]5C[C@H]4CO5)n3)c2)C2CC2)cc1. The second kappa shape index (κ2) is 12.6. The van der Waals surface area contributed by atoms with Gasteiger partial charge >= 0.3 is 0 Å². The van der Waals surface area contributed by atoms with Gasteiger partial charge in [-0.3, -0.25) is 23.9 Å². The second-order valence-corrected chi connectivity index (χ2v) is 13.4. The number of carbonyl (C=O) groups excluding carboxylic acids is 2. The van der Waals surface area contributed by atoms with Crippen molar-refractivity contribution in [2.24, 2.45) is 20.0 Å². The minimum Gasteiger partial charge on any atom is -0.374 e. The molecule has 8 rings (SSSR count). The summed E-state index contributed by atoms with van der Waals surface area (Å²) >= 11 is 0. The molecule has 0 unspecified atom stereocenters. The lowest BCUT2D eigenvalue weighted by atomic mass is 9.85. The summed E-state index contributed by atoms with van der Waals surface area (Å²) < 4.78 is 9.15. The smallest absolute Gasteiger partial charge is 0.270 e. The van der Waals surface area contributed by atoms with Crippen LogP contribution < -0.4 is 15.5 Å². The molecule has 5 aromatic rings. The summed E-state index contributed by atoms with van der Waals surface area (Å²) in [4.78, 5) is 39.8. The number of amides is 2. The third-order valence-corrected chi connectivity index (χ3v) is 10.0. The highest BCUT2D eigenvalue weighted by Gasteiger charge is 2.42. The molecule has 12 nitrogen and oxygen atoms in total. The van der Waals surface area contributed by atoms with Gasteiger partial charge in [0.25, 0.3) is 5.91 Å². The largest absolute Gasteiger partial charge is 0.374 e. The number of aryl methyl sites for hydroxylation is 3. The van der Waals surface area contributed by atoms with Gasteiger partial charge in [0.2, 0.25) is 5.91 Å². The van der Waals surface area contributed by atoms with Crippen molar-refractivity contribution in [2.75, 3.05) is 23.4 Å². The highest BCUT2D eigenvalue weighted by atomic mass is 16.5. The van der Waals surface area contributed by atoms with Crippen molar-refractivity contribution >= 4 is 23.3 Å². The Kier molecular flexibility index (Phi) is 7.95. The van der Waals surface area contributed by atoms with Gasteiger partial charge in [-0.15, -0.1) is 0 Å². The number of nitrogens with zero attached hydrogens (tertiary/aromatic N) is 7. The molecule has 3 aromatic heterocycles. The Morgan fingerprint density at radius 2 is 1.80 bits per heavy atom. The number of hydrogen-bond donors (Lipinski definition) is 2. The van der Waals surface area contributed by atoms with E-state index in [1.54, 1.807) is 25.5 Å². The van der Waals surface area contributed by atoms with Crippen LogP contribution in [0.3, 0.4) is 0 Å². The summed E-state index contributed by atoms with van der Waals surface area (Å²) in [7, 11) is 3.63. The molecule has 2 aliphatic heterocycles. The fourth-order valence-corrected chi connectivity index (χ4v) is 7.43. The lowest BCUT2D eigenvalue weighted by Crippen LogP contribution is -2.48. The van der Waals surface area contributed by atoms with Gasteiger partial charge in [0, 0.05) is 49.6 Å². The van der Waals surface area contributed by atoms with Crippen molar-refractivity contribution in [1.29, 1.82) is 0 Å². The maximum Gasteiger partial charge on any atom is 0.270 e. The lowest BCUT2D eigenvalue weighted by Gasteiger charge is -2.29. The Labute approximate surface area is 284 Å². The van der Waals surface area contributed by atoms with Crippen LogP contribution >= 0.6 is 0 Å². The molecule has 12 heteroatoms. The van der Waals surface area contributed by atoms with Gasteiger partial charge in [-0.05, 0) is 67.5 Å². The first-order chi connectivity index (χ1) is 23.8. The second-order valence-electron chi connectivity index (χ2n) is 13.4. The van der Waals surface area contributed by atoms with Gasteiger partial charge in [-0.25, -0.2) is 4.98 Å². The van der Waals surface area contributed by atoms with Crippen molar-refractivity contribution < 1.29 is 14.3 Å². The quantitative estimate of drug-likeness (QED) is 0.225. The topological polar surface area (TPSA) is 132 Å². The minimum atomic E-state index is -0.846. The molecule has 0 spiro atoms. The normalized spacial score (nSPS) is 19.5. The van der Waals surface area contributed by atoms with Crippen LogP contribution in [0.15, 0.2) is 79.4 Å². The molecule has 2 bridgehead atoms. The van der Waals surface area contributed by atoms with E-state index in [4.69, 9.17) is 9.72 Å². The molecule has 3 aliphatic rings. The van der Waals surface area contributed by atoms with E-state index in [1.165, 1.54) is 4.68 Å². The Hall–Kier alpha value is -5.36. The van der Waals surface area contributed by atoms with E-state index in [-0.39, 0.29) is 29.8 Å². The molecule has 4 atom stereocenters. The van der Waals surface area contributed by atoms with Crippen LogP contribution in [-0.2, 0) is 23.6 Å². The molecule has 1 saturated carbocycles. The van der Waals surface area contributed by atoms with E-state index >= 15 is 0 Å². The molecule has 2 aromatic carbocycles. The zero-order chi connectivity index (χ0) is 33.6. The molecule has 1 aliphatic carbocycles. The number of rotatable bonds is 10. The average molecular weight is 658 g/mol. The third-order valence-electron chi connectivity index (χ3n) is 10.0. The lowest BCUT2D eigenvalue weighted by molar-refractivity contribution is -0.118. The first-order valence-electron chi connectivity index (χ1n) is 16.8. The molecule has 2 amide bonds. The molecule has 3 fully saturated rings. The number of nitrogens with one attached hydrogen (secondary N) is 2. The molecule has 0 radical (unpaired) electrons. The van der Waals surface area contributed by atoms with Gasteiger partial charge in [-0.2, -0.15) is 10.2 Å². The van der Waals surface area contributed by atoms with Gasteiger partial charge in [0.15, 0.2) is 0 Å². The van der Waals surface area contributed by atoms with Crippen LogP contribution in [0.1, 0.15) is 46.8 Å². The van der Waals surface area contributed by atoms with Crippen LogP contribution in [-0.4, -0.2) is 72.7 Å². The first-order valence-corrected chi connectivity index (χ1v) is 16.8. The summed E-state index contributed by atoms with van der Waals surface area (Å²) in [6, 6.07) is 17.0. The van der Waals surface area contributed by atoms with E-state index in [0.717, 1.165) is 71.9 Å². The van der Waals surface area contributed by atoms with E-state index in [2.05, 4.69) is 36.8 Å². The predicted octanol–water partition coefficient (Wildman–Crippen LogP) is 4.49. The number of carbonyl (C=O) groups is 2. The zero-order valence-electron chi connectivity index (χ0n) is 27.8. The summed E-state index contributed by atoms with van der Waals surface area (Å²) in [5, 5.41) is 14.7. The summed E-state index contributed by atoms with van der Waals surface area (Å²) in [6.07, 6.45) is 10.2. The fraction of sp³-hybridized carbons (Fsp3) is 0.351. The first kappa shape index (κ1) is 30.9. The molecule has 2 N–H and O–H groups in total. The Bertz CT molecular complexity index is 2000. The number of hydrogen-bond acceptors (Lipinski definition) is 8. The number of ether oxygens (including phenoxy) is 1. The van der Waals surface area contributed by atoms with Crippen LogP contribution in [0, 0.1) is 12.8 Å². The fourth-order valence-electron chi connectivity index (χ4n) is 7.43. The standard InChI is InChI=1S/C37H39N9O3/c1-22-17-40-45(3)35(22)24-9-11-27(12-10-24)41-37(48)34(43-36(47)31-13-14-39-44(31)2)33(23-7-8-23)26-6-4-5-25(15-26)30-18-38-19-32(42-30)46-20-29-16-28(46)21-49-29/h4-6,9-15,17-19,23,28-29,33-34H,7-8,16,20-21H2,1-3H3,(H,41,48)(H,43,47)/t28-,29-,33+,34-/m0/s1. The zero-order valence-corrected chi connectivity index (χ0v) is 27.8. The molecule has 250 valence electrons. The van der Waals surface area contributed by atoms with Crippen molar-refractivity contribution in [1.82, 2.24) is 34.8 Å². The van der Waals surface area contributed by atoms with Gasteiger partial charge < -0.3 is 20.3 Å². The van der Waals surface area contributed by atoms with Crippen molar-refractivity contribution in [3.8, 4) is 22.5 Å². The Morgan fingerprint density at radius 1 is 0.959 bits per heavy atom. The number of aromatic nitrogens is 6. The molecule has 49 heavy (non-hydrogen) atoms. The Morgan fingerprint density at radius 3 is 2.47 bits per heavy atom.